The first-order valence-corrected chi connectivity index (χ1v) is 9.34. The summed E-state index contributed by atoms with van der Waals surface area (Å²) in [5, 5.41) is 19.4. The predicted molar refractivity (Wildman–Crippen MR) is 110 cm³/mol. The molecule has 2 rings (SSSR count). The molecule has 0 aliphatic heterocycles. The zero-order chi connectivity index (χ0) is 21.4. The zero-order valence-corrected chi connectivity index (χ0v) is 16.9. The average Bonchev–Trinajstić information content (AvgIpc) is 2.64. The Balaban J connectivity index is 2.13. The van der Waals surface area contributed by atoms with Crippen molar-refractivity contribution in [1.82, 2.24) is 0 Å². The molecule has 0 amide bonds. The van der Waals surface area contributed by atoms with Crippen LogP contribution in [0.25, 0.3) is 11.0 Å². The molecule has 0 aliphatic rings. The second kappa shape index (κ2) is 10.4. The fraction of sp³-hybridized carbons (Fsp3) is 0.364. The SMILES string of the molecule is CC(C)=CCCC(C)=CCOc1c(O)c2cc(OCCC(=O)O)ccc2oc1=O. The first-order valence-electron chi connectivity index (χ1n) is 9.34. The normalized spacial score (nSPS) is 11.3. The topological polar surface area (TPSA) is 106 Å². The minimum Gasteiger partial charge on any atom is -0.504 e. The first-order chi connectivity index (χ1) is 13.8. The van der Waals surface area contributed by atoms with Gasteiger partial charge in [0.1, 0.15) is 17.9 Å². The lowest BCUT2D eigenvalue weighted by Crippen LogP contribution is -2.08. The number of ether oxygens (including phenoxy) is 2. The number of hydrogen-bond acceptors (Lipinski definition) is 6. The van der Waals surface area contributed by atoms with Gasteiger partial charge in [-0.1, -0.05) is 17.2 Å². The van der Waals surface area contributed by atoms with Crippen molar-refractivity contribution in [3.63, 3.8) is 0 Å². The highest BCUT2D eigenvalue weighted by Crippen LogP contribution is 2.33. The van der Waals surface area contributed by atoms with Crippen LogP contribution in [0.4, 0.5) is 0 Å². The first kappa shape index (κ1) is 22.1. The third kappa shape index (κ3) is 6.71. The smallest absolute Gasteiger partial charge is 0.383 e. The van der Waals surface area contributed by atoms with Gasteiger partial charge >= 0.3 is 11.6 Å². The number of allylic oxidation sites excluding steroid dienone is 3. The van der Waals surface area contributed by atoms with Crippen molar-refractivity contribution in [3.8, 4) is 17.2 Å². The number of benzene rings is 1. The van der Waals surface area contributed by atoms with E-state index in [1.807, 2.05) is 26.8 Å². The van der Waals surface area contributed by atoms with Gasteiger partial charge in [-0.3, -0.25) is 4.79 Å². The van der Waals surface area contributed by atoms with Gasteiger partial charge in [0.25, 0.3) is 0 Å². The van der Waals surface area contributed by atoms with E-state index in [9.17, 15) is 14.7 Å². The molecular formula is C22H26O7. The van der Waals surface area contributed by atoms with Crippen molar-refractivity contribution in [1.29, 1.82) is 0 Å². The largest absolute Gasteiger partial charge is 0.504 e. The van der Waals surface area contributed by atoms with Gasteiger partial charge in [0.2, 0.25) is 5.75 Å². The van der Waals surface area contributed by atoms with Crippen LogP contribution in [-0.4, -0.2) is 29.4 Å². The van der Waals surface area contributed by atoms with Crippen LogP contribution in [0.2, 0.25) is 0 Å². The Morgan fingerprint density at radius 3 is 2.59 bits per heavy atom. The number of rotatable bonds is 10. The Morgan fingerprint density at radius 1 is 1.14 bits per heavy atom. The van der Waals surface area contributed by atoms with Crippen molar-refractivity contribution >= 4 is 16.9 Å². The molecule has 0 saturated carbocycles. The van der Waals surface area contributed by atoms with Gasteiger partial charge in [0.15, 0.2) is 5.75 Å². The Labute approximate surface area is 168 Å². The van der Waals surface area contributed by atoms with Gasteiger partial charge in [0.05, 0.1) is 18.4 Å². The van der Waals surface area contributed by atoms with Crippen LogP contribution in [0.3, 0.4) is 0 Å². The van der Waals surface area contributed by atoms with E-state index in [2.05, 4.69) is 6.08 Å². The second-order valence-electron chi connectivity index (χ2n) is 6.90. The lowest BCUT2D eigenvalue weighted by Gasteiger charge is -2.09. The van der Waals surface area contributed by atoms with Gasteiger partial charge in [0, 0.05) is 0 Å². The molecule has 7 nitrogen and oxygen atoms in total. The molecule has 0 saturated heterocycles. The zero-order valence-electron chi connectivity index (χ0n) is 16.9. The van der Waals surface area contributed by atoms with Crippen LogP contribution in [0, 0.1) is 0 Å². The molecule has 7 heteroatoms. The summed E-state index contributed by atoms with van der Waals surface area (Å²) in [5.41, 5.74) is 1.78. The van der Waals surface area contributed by atoms with E-state index in [0.29, 0.717) is 5.75 Å². The van der Waals surface area contributed by atoms with Crippen LogP contribution in [0.15, 0.2) is 50.7 Å². The maximum atomic E-state index is 12.1. The van der Waals surface area contributed by atoms with Crippen molar-refractivity contribution in [3.05, 3.63) is 51.9 Å². The number of aromatic hydroxyl groups is 1. The molecule has 0 bridgehead atoms. The van der Waals surface area contributed by atoms with Crippen LogP contribution in [0.1, 0.15) is 40.0 Å². The van der Waals surface area contributed by atoms with Crippen molar-refractivity contribution in [2.24, 2.45) is 0 Å². The van der Waals surface area contributed by atoms with Crippen molar-refractivity contribution < 1.29 is 28.9 Å². The highest BCUT2D eigenvalue weighted by Gasteiger charge is 2.16. The molecule has 0 atom stereocenters. The van der Waals surface area contributed by atoms with E-state index < -0.39 is 11.6 Å². The van der Waals surface area contributed by atoms with Gasteiger partial charge in [-0.2, -0.15) is 0 Å². The summed E-state index contributed by atoms with van der Waals surface area (Å²) >= 11 is 0. The second-order valence-corrected chi connectivity index (χ2v) is 6.90. The fourth-order valence-corrected chi connectivity index (χ4v) is 2.58. The van der Waals surface area contributed by atoms with Gasteiger partial charge < -0.3 is 24.1 Å². The molecule has 156 valence electrons. The quantitative estimate of drug-likeness (QED) is 0.447. The number of aliphatic carboxylic acids is 1. The fourth-order valence-electron chi connectivity index (χ4n) is 2.58. The van der Waals surface area contributed by atoms with Crippen molar-refractivity contribution in [2.75, 3.05) is 13.2 Å². The summed E-state index contributed by atoms with van der Waals surface area (Å²) in [6.07, 6.45) is 5.66. The summed E-state index contributed by atoms with van der Waals surface area (Å²) in [4.78, 5) is 22.7. The summed E-state index contributed by atoms with van der Waals surface area (Å²) in [5.74, 6) is -1.23. The van der Waals surface area contributed by atoms with E-state index in [1.165, 1.54) is 23.8 Å². The van der Waals surface area contributed by atoms with E-state index in [1.54, 1.807) is 0 Å². The Bertz CT molecular complexity index is 979. The molecule has 1 heterocycles. The van der Waals surface area contributed by atoms with Crippen molar-refractivity contribution in [2.45, 2.75) is 40.0 Å². The average molecular weight is 402 g/mol. The molecule has 29 heavy (non-hydrogen) atoms. The minimum atomic E-state index is -0.973. The van der Waals surface area contributed by atoms with Gasteiger partial charge in [-0.25, -0.2) is 4.79 Å². The molecule has 0 aliphatic carbocycles. The highest BCUT2D eigenvalue weighted by molar-refractivity contribution is 5.86. The van der Waals surface area contributed by atoms with Crippen LogP contribution in [-0.2, 0) is 4.79 Å². The predicted octanol–water partition coefficient (Wildman–Crippen LogP) is 4.42. The van der Waals surface area contributed by atoms with E-state index >= 15 is 0 Å². The standard InChI is InChI=1S/C22H26O7/c1-14(2)5-4-6-15(3)9-11-28-21-20(25)17-13-16(27-12-10-19(23)24)7-8-18(17)29-22(21)26/h5,7-9,13,25H,4,6,10-12H2,1-3H3,(H,23,24). The number of carboxylic acid groups (broad SMARTS) is 1. The van der Waals surface area contributed by atoms with E-state index in [-0.39, 0.29) is 42.1 Å². The molecule has 1 aromatic carbocycles. The third-order valence-corrected chi connectivity index (χ3v) is 4.14. The lowest BCUT2D eigenvalue weighted by molar-refractivity contribution is -0.137. The van der Waals surface area contributed by atoms with Gasteiger partial charge in [-0.05, 0) is 57.9 Å². The van der Waals surface area contributed by atoms with Crippen LogP contribution in [0.5, 0.6) is 17.2 Å². The van der Waals surface area contributed by atoms with Crippen LogP contribution < -0.4 is 15.1 Å². The molecule has 0 fully saturated rings. The Morgan fingerprint density at radius 2 is 1.90 bits per heavy atom. The summed E-state index contributed by atoms with van der Waals surface area (Å²) < 4.78 is 16.0. The Kier molecular flexibility index (Phi) is 7.88. The van der Waals surface area contributed by atoms with Crippen LogP contribution >= 0.6 is 0 Å². The maximum absolute atomic E-state index is 12.1. The third-order valence-electron chi connectivity index (χ3n) is 4.14. The molecule has 1 aromatic heterocycles. The number of carboxylic acids is 1. The minimum absolute atomic E-state index is 0.0153. The lowest BCUT2D eigenvalue weighted by atomic mass is 10.1. The van der Waals surface area contributed by atoms with E-state index in [0.717, 1.165) is 18.4 Å². The Hall–Kier alpha value is -3.22. The number of fused-ring (bicyclic) bond motifs is 1. The maximum Gasteiger partial charge on any atom is 0.383 e. The van der Waals surface area contributed by atoms with Gasteiger partial charge in [-0.15, -0.1) is 0 Å². The monoisotopic (exact) mass is 402 g/mol. The molecular weight excluding hydrogens is 376 g/mol. The molecule has 0 radical (unpaired) electrons. The molecule has 2 N–H and O–H groups in total. The molecule has 0 unspecified atom stereocenters. The molecule has 0 spiro atoms. The van der Waals surface area contributed by atoms with E-state index in [4.69, 9.17) is 19.0 Å². The summed E-state index contributed by atoms with van der Waals surface area (Å²) in [7, 11) is 0. The number of carbonyl (C=O) groups is 1. The molecule has 2 aromatic rings. The highest BCUT2D eigenvalue weighted by atomic mass is 16.5. The number of hydrogen-bond donors (Lipinski definition) is 2. The summed E-state index contributed by atoms with van der Waals surface area (Å²) in [6.45, 7) is 6.18. The summed E-state index contributed by atoms with van der Waals surface area (Å²) in [6, 6.07) is 4.48.